The van der Waals surface area contributed by atoms with Crippen molar-refractivity contribution in [2.24, 2.45) is 0 Å². The van der Waals surface area contributed by atoms with Crippen LogP contribution in [-0.2, 0) is 11.3 Å². The topological polar surface area (TPSA) is 56.5 Å². The average molecular weight is 313 g/mol. The highest BCUT2D eigenvalue weighted by Crippen LogP contribution is 2.13. The molecule has 0 unspecified atom stereocenters. The van der Waals surface area contributed by atoms with Gasteiger partial charge >= 0.3 is 0 Å². The Morgan fingerprint density at radius 1 is 1.27 bits per heavy atom. The predicted octanol–water partition coefficient (Wildman–Crippen LogP) is 2.86. The van der Waals surface area contributed by atoms with Crippen molar-refractivity contribution in [3.05, 3.63) is 63.0 Å². The lowest BCUT2D eigenvalue weighted by Crippen LogP contribution is -2.14. The van der Waals surface area contributed by atoms with Gasteiger partial charge in [-0.3, -0.25) is 4.79 Å². The molecule has 0 saturated heterocycles. The number of hydrogen-bond donors (Lipinski definition) is 0. The van der Waals surface area contributed by atoms with Gasteiger partial charge in [-0.05, 0) is 18.6 Å². The van der Waals surface area contributed by atoms with Crippen LogP contribution in [0, 0.1) is 0 Å². The Kier molecular flexibility index (Phi) is 4.41. The Morgan fingerprint density at radius 3 is 2.86 bits per heavy atom. The molecule has 0 saturated carbocycles. The molecule has 2 heterocycles. The van der Waals surface area contributed by atoms with Crippen molar-refractivity contribution in [1.82, 2.24) is 14.6 Å². The van der Waals surface area contributed by atoms with Crippen molar-refractivity contribution in [3.8, 4) is 0 Å². The molecular formula is C16H15N3O2S. The van der Waals surface area contributed by atoms with Crippen molar-refractivity contribution in [2.45, 2.75) is 13.5 Å². The second-order valence-corrected chi connectivity index (χ2v) is 5.63. The molecular weight excluding hydrogens is 298 g/mol. The van der Waals surface area contributed by atoms with Crippen LogP contribution in [0.15, 0.2) is 41.2 Å². The smallest absolute Gasteiger partial charge is 0.275 e. The van der Waals surface area contributed by atoms with E-state index in [2.05, 4.69) is 10.1 Å². The van der Waals surface area contributed by atoms with Gasteiger partial charge in [0.15, 0.2) is 0 Å². The van der Waals surface area contributed by atoms with Gasteiger partial charge < -0.3 is 4.74 Å². The van der Waals surface area contributed by atoms with Gasteiger partial charge in [0.2, 0.25) is 4.96 Å². The lowest BCUT2D eigenvalue weighted by atomic mass is 10.2. The van der Waals surface area contributed by atoms with Crippen molar-refractivity contribution in [2.75, 3.05) is 6.61 Å². The van der Waals surface area contributed by atoms with Crippen molar-refractivity contribution >= 4 is 28.4 Å². The fraction of sp³-hybridized carbons (Fsp3) is 0.188. The van der Waals surface area contributed by atoms with E-state index < -0.39 is 0 Å². The summed E-state index contributed by atoms with van der Waals surface area (Å²) in [5.74, 6) is 0. The summed E-state index contributed by atoms with van der Waals surface area (Å²) in [6.45, 7) is 2.94. The molecule has 0 bridgehead atoms. The summed E-state index contributed by atoms with van der Waals surface area (Å²) in [6, 6.07) is 11.4. The van der Waals surface area contributed by atoms with E-state index >= 15 is 0 Å². The first-order valence-corrected chi connectivity index (χ1v) is 7.78. The highest BCUT2D eigenvalue weighted by Gasteiger charge is 2.07. The van der Waals surface area contributed by atoms with Crippen LogP contribution in [0.2, 0.25) is 0 Å². The minimum Gasteiger partial charge on any atom is -0.374 e. The maximum atomic E-state index is 12.1. The van der Waals surface area contributed by atoms with E-state index in [0.717, 1.165) is 10.6 Å². The van der Waals surface area contributed by atoms with E-state index in [1.54, 1.807) is 0 Å². The van der Waals surface area contributed by atoms with Gasteiger partial charge in [0.25, 0.3) is 5.56 Å². The first kappa shape index (κ1) is 14.6. The number of fused-ring (bicyclic) bond motifs is 1. The maximum Gasteiger partial charge on any atom is 0.275 e. The first-order valence-electron chi connectivity index (χ1n) is 6.97. The highest BCUT2D eigenvalue weighted by atomic mass is 32.1. The summed E-state index contributed by atoms with van der Waals surface area (Å²) >= 11 is 1.37. The molecule has 0 aliphatic carbocycles. The Labute approximate surface area is 131 Å². The molecule has 112 valence electrons. The maximum absolute atomic E-state index is 12.1. The van der Waals surface area contributed by atoms with E-state index in [4.69, 9.17) is 4.74 Å². The highest BCUT2D eigenvalue weighted by molar-refractivity contribution is 7.16. The van der Waals surface area contributed by atoms with Crippen LogP contribution in [0.1, 0.15) is 23.2 Å². The van der Waals surface area contributed by atoms with E-state index in [9.17, 15) is 4.79 Å². The number of nitrogens with zero attached hydrogens (tertiary/aromatic N) is 3. The van der Waals surface area contributed by atoms with Gasteiger partial charge in [0.05, 0.1) is 5.69 Å². The van der Waals surface area contributed by atoms with Crippen LogP contribution in [0.3, 0.4) is 0 Å². The van der Waals surface area contributed by atoms with Crippen LogP contribution < -0.4 is 5.56 Å². The molecule has 5 nitrogen and oxygen atoms in total. The fourth-order valence-corrected chi connectivity index (χ4v) is 2.79. The number of aromatic nitrogens is 3. The van der Waals surface area contributed by atoms with E-state index in [-0.39, 0.29) is 5.56 Å². The molecule has 0 atom stereocenters. The molecule has 0 amide bonds. The van der Waals surface area contributed by atoms with Crippen LogP contribution in [0.5, 0.6) is 0 Å². The third-order valence-corrected chi connectivity index (χ3v) is 3.86. The zero-order chi connectivity index (χ0) is 15.4. The summed E-state index contributed by atoms with van der Waals surface area (Å²) in [4.78, 5) is 17.1. The Bertz CT molecular complexity index is 853. The van der Waals surface area contributed by atoms with Gasteiger partial charge in [-0.1, -0.05) is 47.7 Å². The molecule has 22 heavy (non-hydrogen) atoms. The SMILES string of the molecule is CCOCc1nn2c(=O)cc(/C=C/c3ccccc3)nc2s1. The van der Waals surface area contributed by atoms with Crippen molar-refractivity contribution < 1.29 is 4.74 Å². The Balaban J connectivity index is 1.91. The molecule has 0 spiro atoms. The average Bonchev–Trinajstić information content (AvgIpc) is 2.95. The normalized spacial score (nSPS) is 11.5. The Hall–Kier alpha value is -2.31. The van der Waals surface area contributed by atoms with Gasteiger partial charge in [-0.15, -0.1) is 0 Å². The third-order valence-electron chi connectivity index (χ3n) is 2.98. The minimum atomic E-state index is -0.184. The molecule has 1 aromatic carbocycles. The molecule has 2 aromatic heterocycles. The van der Waals surface area contributed by atoms with Crippen LogP contribution >= 0.6 is 11.3 Å². The van der Waals surface area contributed by atoms with Gasteiger partial charge in [0, 0.05) is 12.7 Å². The molecule has 0 aliphatic rings. The van der Waals surface area contributed by atoms with Crippen molar-refractivity contribution in [3.63, 3.8) is 0 Å². The van der Waals surface area contributed by atoms with E-state index in [1.807, 2.05) is 49.4 Å². The van der Waals surface area contributed by atoms with E-state index in [0.29, 0.717) is 23.9 Å². The van der Waals surface area contributed by atoms with Crippen LogP contribution in [0.4, 0.5) is 0 Å². The molecule has 0 aliphatic heterocycles. The fourth-order valence-electron chi connectivity index (χ4n) is 1.95. The van der Waals surface area contributed by atoms with Gasteiger partial charge in [-0.2, -0.15) is 9.61 Å². The first-order chi connectivity index (χ1) is 10.8. The number of rotatable bonds is 5. The standard InChI is InChI=1S/C16H15N3O2S/c1-2-21-11-14-18-19-15(20)10-13(17-16(19)22-14)9-8-12-6-4-3-5-7-12/h3-10H,2,11H2,1H3/b9-8+. The van der Waals surface area contributed by atoms with Gasteiger partial charge in [-0.25, -0.2) is 4.98 Å². The Morgan fingerprint density at radius 2 is 2.09 bits per heavy atom. The number of benzene rings is 1. The lowest BCUT2D eigenvalue weighted by Gasteiger charge is -1.94. The molecule has 0 N–H and O–H groups in total. The second kappa shape index (κ2) is 6.64. The summed E-state index contributed by atoms with van der Waals surface area (Å²) in [5, 5.41) is 4.97. The molecule has 3 aromatic rings. The summed E-state index contributed by atoms with van der Waals surface area (Å²) in [7, 11) is 0. The van der Waals surface area contributed by atoms with Crippen LogP contribution in [0.25, 0.3) is 17.1 Å². The largest absolute Gasteiger partial charge is 0.374 e. The number of hydrogen-bond acceptors (Lipinski definition) is 5. The zero-order valence-corrected chi connectivity index (χ0v) is 12.9. The number of ether oxygens (including phenoxy) is 1. The molecule has 0 fully saturated rings. The minimum absolute atomic E-state index is 0.184. The van der Waals surface area contributed by atoms with Crippen molar-refractivity contribution in [1.29, 1.82) is 0 Å². The molecule has 6 heteroatoms. The third kappa shape index (κ3) is 3.29. The lowest BCUT2D eigenvalue weighted by molar-refractivity contribution is 0.133. The molecule has 3 rings (SSSR count). The summed E-state index contributed by atoms with van der Waals surface area (Å²) in [5.41, 5.74) is 1.50. The quantitative estimate of drug-likeness (QED) is 0.727. The molecule has 0 radical (unpaired) electrons. The summed E-state index contributed by atoms with van der Waals surface area (Å²) in [6.07, 6.45) is 3.76. The van der Waals surface area contributed by atoms with Crippen LogP contribution in [-0.4, -0.2) is 21.2 Å². The zero-order valence-electron chi connectivity index (χ0n) is 12.1. The summed E-state index contributed by atoms with van der Waals surface area (Å²) < 4.78 is 6.63. The predicted molar refractivity (Wildman–Crippen MR) is 87.8 cm³/mol. The van der Waals surface area contributed by atoms with E-state index in [1.165, 1.54) is 21.9 Å². The monoisotopic (exact) mass is 313 g/mol. The van der Waals surface area contributed by atoms with Gasteiger partial charge in [0.1, 0.15) is 11.6 Å². The second-order valence-electron chi connectivity index (χ2n) is 4.59.